The van der Waals surface area contributed by atoms with E-state index in [2.05, 4.69) is 20.3 Å². The highest BCUT2D eigenvalue weighted by Gasteiger charge is 2.39. The van der Waals surface area contributed by atoms with Crippen molar-refractivity contribution in [3.8, 4) is 0 Å². The van der Waals surface area contributed by atoms with Gasteiger partial charge in [0, 0.05) is 39.3 Å². The minimum Gasteiger partial charge on any atom is -0.340 e. The predicted octanol–water partition coefficient (Wildman–Crippen LogP) is -0.857. The van der Waals surface area contributed by atoms with Crippen molar-refractivity contribution in [2.75, 3.05) is 39.3 Å². The number of hydrogen-bond acceptors (Lipinski definition) is 6. The van der Waals surface area contributed by atoms with Crippen LogP contribution in [0.25, 0.3) is 0 Å². The van der Waals surface area contributed by atoms with Crippen LogP contribution in [0.5, 0.6) is 0 Å². The maximum absolute atomic E-state index is 12.5. The highest BCUT2D eigenvalue weighted by molar-refractivity contribution is 6.05. The second-order valence-corrected chi connectivity index (χ2v) is 6.58. The number of hydrogen-bond donors (Lipinski definition) is 1. The van der Waals surface area contributed by atoms with Gasteiger partial charge in [-0.15, -0.1) is 0 Å². The van der Waals surface area contributed by atoms with Gasteiger partial charge in [0.25, 0.3) is 5.91 Å². The molecule has 1 unspecified atom stereocenters. The second-order valence-electron chi connectivity index (χ2n) is 6.58. The molecule has 1 N–H and O–H groups in total. The molecule has 1 atom stereocenters. The fourth-order valence-electron chi connectivity index (χ4n) is 3.27. The summed E-state index contributed by atoms with van der Waals surface area (Å²) in [6.45, 7) is 6.74. The fourth-order valence-corrected chi connectivity index (χ4v) is 3.27. The zero-order valence-electron chi connectivity index (χ0n) is 15.0. The van der Waals surface area contributed by atoms with Crippen LogP contribution in [0.3, 0.4) is 0 Å². The molecule has 2 saturated heterocycles. The van der Waals surface area contributed by atoms with Crippen molar-refractivity contribution in [2.45, 2.75) is 32.4 Å². The number of piperazine rings is 1. The van der Waals surface area contributed by atoms with Gasteiger partial charge >= 0.3 is 6.03 Å². The molecule has 10 heteroatoms. The average molecular weight is 363 g/mol. The van der Waals surface area contributed by atoms with Crippen LogP contribution in [0.4, 0.5) is 4.79 Å². The van der Waals surface area contributed by atoms with E-state index in [4.69, 9.17) is 0 Å². The number of urea groups is 1. The molecule has 2 aliphatic rings. The van der Waals surface area contributed by atoms with E-state index in [1.807, 2.05) is 6.92 Å². The number of rotatable bonds is 7. The first-order valence-corrected chi connectivity index (χ1v) is 9.03. The predicted molar refractivity (Wildman–Crippen MR) is 92.0 cm³/mol. The van der Waals surface area contributed by atoms with Gasteiger partial charge < -0.3 is 10.2 Å². The third-order valence-electron chi connectivity index (χ3n) is 4.77. The summed E-state index contributed by atoms with van der Waals surface area (Å²) in [6, 6.07) is -1.13. The maximum atomic E-state index is 12.5. The molecule has 0 aromatic carbocycles. The van der Waals surface area contributed by atoms with Gasteiger partial charge in [0.2, 0.25) is 5.91 Å². The van der Waals surface area contributed by atoms with Gasteiger partial charge in [0.15, 0.2) is 0 Å². The van der Waals surface area contributed by atoms with Crippen molar-refractivity contribution in [3.05, 3.63) is 12.7 Å². The van der Waals surface area contributed by atoms with E-state index in [1.165, 1.54) is 11.2 Å². The molecule has 10 nitrogen and oxygen atoms in total. The minimum absolute atomic E-state index is 0.0315. The molecule has 3 rings (SSSR count). The fraction of sp³-hybridized carbons (Fsp3) is 0.688. The summed E-state index contributed by atoms with van der Waals surface area (Å²) in [6.07, 6.45) is 3.94. The zero-order valence-corrected chi connectivity index (χ0v) is 15.0. The summed E-state index contributed by atoms with van der Waals surface area (Å²) < 4.78 is 1.79. The molecule has 1 aromatic rings. The first kappa shape index (κ1) is 18.3. The van der Waals surface area contributed by atoms with E-state index < -0.39 is 12.1 Å². The van der Waals surface area contributed by atoms with Crippen LogP contribution < -0.4 is 5.32 Å². The summed E-state index contributed by atoms with van der Waals surface area (Å²) in [5.74, 6) is -0.380. The van der Waals surface area contributed by atoms with Crippen LogP contribution in [0.1, 0.15) is 19.8 Å². The van der Waals surface area contributed by atoms with E-state index in [0.717, 1.165) is 26.2 Å². The van der Waals surface area contributed by atoms with Crippen LogP contribution >= 0.6 is 0 Å². The monoisotopic (exact) mass is 363 g/mol. The van der Waals surface area contributed by atoms with E-state index in [1.54, 1.807) is 15.9 Å². The molecule has 4 amide bonds. The lowest BCUT2D eigenvalue weighted by atomic mass is 10.1. The molecule has 26 heavy (non-hydrogen) atoms. The second kappa shape index (κ2) is 8.26. The number of amides is 4. The van der Waals surface area contributed by atoms with Gasteiger partial charge in [-0.1, -0.05) is 6.92 Å². The van der Waals surface area contributed by atoms with Crippen molar-refractivity contribution in [2.24, 2.45) is 0 Å². The van der Waals surface area contributed by atoms with Gasteiger partial charge in [-0.25, -0.2) is 9.78 Å². The smallest absolute Gasteiger partial charge is 0.324 e. The Labute approximate surface area is 152 Å². The van der Waals surface area contributed by atoms with Gasteiger partial charge in [-0.2, -0.15) is 5.10 Å². The van der Waals surface area contributed by atoms with Crippen LogP contribution in [0, 0.1) is 0 Å². The summed E-state index contributed by atoms with van der Waals surface area (Å²) in [5, 5.41) is 6.69. The van der Waals surface area contributed by atoms with Crippen LogP contribution in [-0.4, -0.2) is 92.6 Å². The Balaban J connectivity index is 1.42. The normalized spacial score (nSPS) is 21.3. The quantitative estimate of drug-likeness (QED) is 0.633. The molecule has 0 aliphatic carbocycles. The van der Waals surface area contributed by atoms with Crippen molar-refractivity contribution >= 4 is 17.8 Å². The Morgan fingerprint density at radius 2 is 1.96 bits per heavy atom. The van der Waals surface area contributed by atoms with E-state index in [0.29, 0.717) is 26.1 Å². The first-order chi connectivity index (χ1) is 12.6. The largest absolute Gasteiger partial charge is 0.340 e. The van der Waals surface area contributed by atoms with E-state index in [9.17, 15) is 14.4 Å². The molecule has 0 spiro atoms. The maximum Gasteiger partial charge on any atom is 0.324 e. The molecule has 3 heterocycles. The first-order valence-electron chi connectivity index (χ1n) is 9.03. The van der Waals surface area contributed by atoms with Gasteiger partial charge in [0.1, 0.15) is 18.7 Å². The third-order valence-corrected chi connectivity index (χ3v) is 4.77. The molecule has 142 valence electrons. The zero-order chi connectivity index (χ0) is 18.5. The molecular formula is C16H25N7O3. The lowest BCUT2D eigenvalue weighted by molar-refractivity contribution is -0.137. The summed E-state index contributed by atoms with van der Waals surface area (Å²) in [4.78, 5) is 45.7. The molecular weight excluding hydrogens is 338 g/mol. The number of carbonyl (C=O) groups excluding carboxylic acids is 3. The number of nitrogens with one attached hydrogen (secondary N) is 1. The Morgan fingerprint density at radius 3 is 2.62 bits per heavy atom. The topological polar surface area (TPSA) is 104 Å². The van der Waals surface area contributed by atoms with Crippen LogP contribution in [-0.2, 0) is 16.1 Å². The van der Waals surface area contributed by atoms with Crippen molar-refractivity contribution in [3.63, 3.8) is 0 Å². The Hall–Kier alpha value is -2.49. The van der Waals surface area contributed by atoms with Crippen LogP contribution in [0.15, 0.2) is 12.7 Å². The molecule has 2 fully saturated rings. The van der Waals surface area contributed by atoms with Gasteiger partial charge in [-0.3, -0.25) is 24.1 Å². The summed E-state index contributed by atoms with van der Waals surface area (Å²) in [7, 11) is 0. The molecule has 1 aromatic heterocycles. The van der Waals surface area contributed by atoms with E-state index >= 15 is 0 Å². The third kappa shape index (κ3) is 4.18. The van der Waals surface area contributed by atoms with Gasteiger partial charge in [-0.05, 0) is 6.42 Å². The number of aromatic nitrogens is 3. The lowest BCUT2D eigenvalue weighted by Crippen LogP contribution is -2.50. The summed E-state index contributed by atoms with van der Waals surface area (Å²) >= 11 is 0. The molecule has 0 bridgehead atoms. The van der Waals surface area contributed by atoms with Crippen molar-refractivity contribution in [1.29, 1.82) is 0 Å². The van der Waals surface area contributed by atoms with E-state index in [-0.39, 0.29) is 18.2 Å². The number of nitrogens with zero attached hydrogens (tertiary/aromatic N) is 6. The minimum atomic E-state index is -0.730. The standard InChI is InChI=1S/C16H25N7O3/c1-2-3-23-15(25)13(19-16(23)26)10-14(24)21-7-4-20(5-8-21)6-9-22-12-17-11-18-22/h11-13H,2-10H2,1H3,(H,19,26). The summed E-state index contributed by atoms with van der Waals surface area (Å²) in [5.41, 5.74) is 0. The lowest BCUT2D eigenvalue weighted by Gasteiger charge is -2.35. The SMILES string of the molecule is CCCN1C(=O)NC(CC(=O)N2CCN(CCn3cncn3)CC2)C1=O. The number of carbonyl (C=O) groups is 3. The molecule has 0 saturated carbocycles. The van der Waals surface area contributed by atoms with Crippen molar-refractivity contribution < 1.29 is 14.4 Å². The highest BCUT2D eigenvalue weighted by atomic mass is 16.2. The molecule has 2 aliphatic heterocycles. The Bertz CT molecular complexity index is 640. The highest BCUT2D eigenvalue weighted by Crippen LogP contribution is 2.13. The van der Waals surface area contributed by atoms with Gasteiger partial charge in [0.05, 0.1) is 13.0 Å². The molecule has 0 radical (unpaired) electrons. The number of imide groups is 1. The Kier molecular flexibility index (Phi) is 5.82. The van der Waals surface area contributed by atoms with Crippen molar-refractivity contribution in [1.82, 2.24) is 34.8 Å². The average Bonchev–Trinajstić information content (AvgIpc) is 3.25. The van der Waals surface area contributed by atoms with Crippen LogP contribution in [0.2, 0.25) is 0 Å². The Morgan fingerprint density at radius 1 is 1.19 bits per heavy atom.